The van der Waals surface area contributed by atoms with Crippen molar-refractivity contribution in [2.24, 2.45) is 0 Å². The fourth-order valence-electron chi connectivity index (χ4n) is 3.45. The van der Waals surface area contributed by atoms with E-state index in [0.717, 1.165) is 11.3 Å². The second-order valence-electron chi connectivity index (χ2n) is 7.98. The summed E-state index contributed by atoms with van der Waals surface area (Å²) < 4.78 is 12.5. The lowest BCUT2D eigenvalue weighted by Crippen LogP contribution is -2.23. The first kappa shape index (κ1) is 23.6. The molecule has 2 N–H and O–H groups in total. The number of nitrogens with zero attached hydrogens (tertiary/aromatic N) is 3. The van der Waals surface area contributed by atoms with Gasteiger partial charge in [0.05, 0.1) is 11.7 Å². The van der Waals surface area contributed by atoms with E-state index in [0.29, 0.717) is 34.7 Å². The van der Waals surface area contributed by atoms with Crippen molar-refractivity contribution >= 4 is 35.0 Å². The third-order valence-electron chi connectivity index (χ3n) is 5.51. The molecule has 0 aliphatic carbocycles. The number of carbonyl (C=O) groups excluding carboxylic acids is 2. The fraction of sp³-hybridized carbons (Fsp3) is 0.333. The maximum Gasteiger partial charge on any atom is 0.237 e. The van der Waals surface area contributed by atoms with Crippen LogP contribution in [0.25, 0.3) is 0 Å². The monoisotopic (exact) mass is 481 g/mol. The van der Waals surface area contributed by atoms with Crippen molar-refractivity contribution in [2.45, 2.75) is 51.1 Å². The molecule has 0 bridgehead atoms. The minimum absolute atomic E-state index is 0.0894. The topological polar surface area (TPSA) is 107 Å². The predicted octanol–water partition coefficient (Wildman–Crippen LogP) is 3.94. The number of aryl methyl sites for hydroxylation is 2. The number of thioether (sulfide) groups is 1. The van der Waals surface area contributed by atoms with Crippen LogP contribution in [0.15, 0.2) is 41.6 Å². The standard InChI is InChI=1S/C24H27N5O4S/c1-5-29-21(12-22(30)25-17-7-6-14(2)15(3)10-17)27-28-24(29)34-16(4)23(31)26-18-8-9-19-20(11-18)33-13-32-19/h6-11,16H,5,12-13H2,1-4H3,(H,25,30)(H,26,31). The van der Waals surface area contributed by atoms with Gasteiger partial charge in [-0.3, -0.25) is 9.59 Å². The smallest absolute Gasteiger partial charge is 0.237 e. The first-order valence-electron chi connectivity index (χ1n) is 11.0. The third kappa shape index (κ3) is 5.33. The highest BCUT2D eigenvalue weighted by atomic mass is 32.2. The average Bonchev–Trinajstić information content (AvgIpc) is 3.42. The van der Waals surface area contributed by atoms with Crippen molar-refractivity contribution in [1.29, 1.82) is 0 Å². The van der Waals surface area contributed by atoms with Gasteiger partial charge >= 0.3 is 0 Å². The van der Waals surface area contributed by atoms with E-state index in [1.54, 1.807) is 25.1 Å². The number of hydrogen-bond acceptors (Lipinski definition) is 7. The second-order valence-corrected chi connectivity index (χ2v) is 9.29. The van der Waals surface area contributed by atoms with Crippen molar-refractivity contribution in [3.8, 4) is 11.5 Å². The Morgan fingerprint density at radius 2 is 1.76 bits per heavy atom. The maximum absolute atomic E-state index is 12.7. The second kappa shape index (κ2) is 10.2. The number of nitrogens with one attached hydrogen (secondary N) is 2. The summed E-state index contributed by atoms with van der Waals surface area (Å²) in [6, 6.07) is 11.1. The van der Waals surface area contributed by atoms with Gasteiger partial charge in [0.15, 0.2) is 16.7 Å². The number of benzene rings is 2. The highest BCUT2D eigenvalue weighted by Crippen LogP contribution is 2.34. The Bertz CT molecular complexity index is 1230. The van der Waals surface area contributed by atoms with Crippen LogP contribution < -0.4 is 20.1 Å². The van der Waals surface area contributed by atoms with Crippen LogP contribution in [0, 0.1) is 13.8 Å². The van der Waals surface area contributed by atoms with Crippen molar-refractivity contribution < 1.29 is 19.1 Å². The van der Waals surface area contributed by atoms with Gasteiger partial charge in [-0.15, -0.1) is 10.2 Å². The summed E-state index contributed by atoms with van der Waals surface area (Å²) in [5.41, 5.74) is 3.66. The molecular weight excluding hydrogens is 454 g/mol. The van der Waals surface area contributed by atoms with E-state index in [9.17, 15) is 9.59 Å². The van der Waals surface area contributed by atoms with E-state index in [4.69, 9.17) is 9.47 Å². The van der Waals surface area contributed by atoms with Crippen LogP contribution in [0.1, 0.15) is 30.8 Å². The van der Waals surface area contributed by atoms with Gasteiger partial charge in [-0.05, 0) is 63.1 Å². The van der Waals surface area contributed by atoms with Crippen molar-refractivity contribution in [1.82, 2.24) is 14.8 Å². The average molecular weight is 482 g/mol. The lowest BCUT2D eigenvalue weighted by atomic mass is 10.1. The number of aromatic nitrogens is 3. The molecule has 0 saturated carbocycles. The molecule has 0 fully saturated rings. The molecule has 178 valence electrons. The third-order valence-corrected chi connectivity index (χ3v) is 6.59. The van der Waals surface area contributed by atoms with Gasteiger partial charge in [0, 0.05) is 24.0 Å². The Kier molecular flexibility index (Phi) is 7.06. The molecule has 4 rings (SSSR count). The SMILES string of the molecule is CCn1c(CC(=O)Nc2ccc(C)c(C)c2)nnc1SC(C)C(=O)Nc1ccc2c(c1)OCO2. The first-order valence-corrected chi connectivity index (χ1v) is 11.9. The van der Waals surface area contributed by atoms with E-state index in [2.05, 4.69) is 20.8 Å². The van der Waals surface area contributed by atoms with Crippen LogP contribution in [0.4, 0.5) is 11.4 Å². The molecule has 0 saturated heterocycles. The Balaban J connectivity index is 1.37. The first-order chi connectivity index (χ1) is 16.3. The number of hydrogen-bond donors (Lipinski definition) is 2. The quantitative estimate of drug-likeness (QED) is 0.469. The predicted molar refractivity (Wildman–Crippen MR) is 130 cm³/mol. The molecule has 9 nitrogen and oxygen atoms in total. The summed E-state index contributed by atoms with van der Waals surface area (Å²) in [7, 11) is 0. The van der Waals surface area contributed by atoms with E-state index >= 15 is 0 Å². The Morgan fingerprint density at radius 3 is 2.53 bits per heavy atom. The molecule has 34 heavy (non-hydrogen) atoms. The molecule has 1 aliphatic rings. The number of amides is 2. The number of carbonyl (C=O) groups is 2. The molecule has 0 spiro atoms. The normalized spacial score (nSPS) is 12.9. The summed E-state index contributed by atoms with van der Waals surface area (Å²) >= 11 is 1.29. The summed E-state index contributed by atoms with van der Waals surface area (Å²) in [6.45, 7) is 8.55. The summed E-state index contributed by atoms with van der Waals surface area (Å²) in [4.78, 5) is 25.3. The van der Waals surface area contributed by atoms with Gasteiger partial charge in [-0.2, -0.15) is 0 Å². The van der Waals surface area contributed by atoms with Crippen molar-refractivity contribution in [3.05, 3.63) is 53.3 Å². The molecule has 2 amide bonds. The zero-order valence-electron chi connectivity index (χ0n) is 19.5. The van der Waals surface area contributed by atoms with E-state index < -0.39 is 5.25 Å². The number of fused-ring (bicyclic) bond motifs is 1. The molecule has 1 atom stereocenters. The van der Waals surface area contributed by atoms with Crippen LogP contribution in [0.5, 0.6) is 11.5 Å². The largest absolute Gasteiger partial charge is 0.454 e. The molecule has 2 heterocycles. The molecule has 1 unspecified atom stereocenters. The molecule has 2 aromatic carbocycles. The molecule has 3 aromatic rings. The fourth-order valence-corrected chi connectivity index (χ4v) is 4.38. The Hall–Kier alpha value is -3.53. The summed E-state index contributed by atoms with van der Waals surface area (Å²) in [5.74, 6) is 1.46. The molecule has 1 aromatic heterocycles. The van der Waals surface area contributed by atoms with Gasteiger partial charge < -0.3 is 24.7 Å². The van der Waals surface area contributed by atoms with Crippen LogP contribution >= 0.6 is 11.8 Å². The van der Waals surface area contributed by atoms with Crippen molar-refractivity contribution in [2.75, 3.05) is 17.4 Å². The highest BCUT2D eigenvalue weighted by molar-refractivity contribution is 8.00. The molecular formula is C24H27N5O4S. The minimum atomic E-state index is -0.433. The molecule has 0 radical (unpaired) electrons. The molecule has 10 heteroatoms. The maximum atomic E-state index is 12.7. The minimum Gasteiger partial charge on any atom is -0.454 e. The zero-order chi connectivity index (χ0) is 24.2. The van der Waals surface area contributed by atoms with Crippen LogP contribution in [0.3, 0.4) is 0 Å². The van der Waals surface area contributed by atoms with Gasteiger partial charge in [-0.1, -0.05) is 17.8 Å². The van der Waals surface area contributed by atoms with E-state index in [1.807, 2.05) is 43.5 Å². The van der Waals surface area contributed by atoms with E-state index in [-0.39, 0.29) is 25.0 Å². The lowest BCUT2D eigenvalue weighted by molar-refractivity contribution is -0.116. The number of anilines is 2. The van der Waals surface area contributed by atoms with Gasteiger partial charge in [0.25, 0.3) is 0 Å². The lowest BCUT2D eigenvalue weighted by Gasteiger charge is -2.13. The summed E-state index contributed by atoms with van der Waals surface area (Å²) in [5, 5.41) is 14.4. The van der Waals surface area contributed by atoms with Gasteiger partial charge in [0.1, 0.15) is 5.82 Å². The number of rotatable bonds is 8. The Morgan fingerprint density at radius 1 is 1.03 bits per heavy atom. The Labute approximate surface area is 202 Å². The summed E-state index contributed by atoms with van der Waals surface area (Å²) in [6.07, 6.45) is 0.0894. The van der Waals surface area contributed by atoms with Gasteiger partial charge in [-0.25, -0.2) is 0 Å². The van der Waals surface area contributed by atoms with Crippen LogP contribution in [-0.4, -0.2) is 38.6 Å². The van der Waals surface area contributed by atoms with Crippen LogP contribution in [0.2, 0.25) is 0 Å². The van der Waals surface area contributed by atoms with Crippen LogP contribution in [-0.2, 0) is 22.6 Å². The number of ether oxygens (including phenoxy) is 2. The van der Waals surface area contributed by atoms with E-state index in [1.165, 1.54) is 17.3 Å². The van der Waals surface area contributed by atoms with Crippen molar-refractivity contribution in [3.63, 3.8) is 0 Å². The molecule has 1 aliphatic heterocycles. The van der Waals surface area contributed by atoms with Gasteiger partial charge in [0.2, 0.25) is 18.6 Å². The zero-order valence-corrected chi connectivity index (χ0v) is 20.4. The highest BCUT2D eigenvalue weighted by Gasteiger charge is 2.22.